The molecule has 4 nitrogen and oxygen atoms in total. The topological polar surface area (TPSA) is 40.6 Å². The Hall–Kier alpha value is -1.36. The molecular weight excluding hydrogens is 272 g/mol. The molecular formula is C15H20N2O2S. The predicted molar refractivity (Wildman–Crippen MR) is 78.5 cm³/mol. The summed E-state index contributed by atoms with van der Waals surface area (Å²) in [6.45, 7) is 7.33. The van der Waals surface area contributed by atoms with Crippen LogP contribution in [0.2, 0.25) is 0 Å². The first-order chi connectivity index (χ1) is 9.49. The fraction of sp³-hybridized carbons (Fsp3) is 0.600. The molecule has 2 aliphatic heterocycles. The van der Waals surface area contributed by atoms with Crippen LogP contribution in [0.15, 0.2) is 6.07 Å². The Labute approximate surface area is 123 Å². The minimum Gasteiger partial charge on any atom is -0.329 e. The van der Waals surface area contributed by atoms with Crippen LogP contribution in [0.3, 0.4) is 0 Å². The van der Waals surface area contributed by atoms with Gasteiger partial charge < -0.3 is 9.80 Å². The summed E-state index contributed by atoms with van der Waals surface area (Å²) in [6.07, 6.45) is 1.76. The van der Waals surface area contributed by atoms with E-state index in [2.05, 4.69) is 19.9 Å². The molecule has 2 amide bonds. The molecule has 0 spiro atoms. The van der Waals surface area contributed by atoms with Gasteiger partial charge in [0.1, 0.15) is 12.1 Å². The largest absolute Gasteiger partial charge is 0.329 e. The monoisotopic (exact) mass is 292 g/mol. The van der Waals surface area contributed by atoms with Crippen molar-refractivity contribution in [2.24, 2.45) is 0 Å². The quantitative estimate of drug-likeness (QED) is 0.837. The number of hydrogen-bond donors (Lipinski definition) is 0. The molecule has 108 valence electrons. The minimum atomic E-state index is -0.334. The molecule has 2 fully saturated rings. The Bertz CT molecular complexity index is 547. The van der Waals surface area contributed by atoms with E-state index < -0.39 is 0 Å². The zero-order valence-electron chi connectivity index (χ0n) is 12.2. The molecule has 2 saturated heterocycles. The zero-order chi connectivity index (χ0) is 14.4. The van der Waals surface area contributed by atoms with Gasteiger partial charge in [-0.3, -0.25) is 9.59 Å². The van der Waals surface area contributed by atoms with Crippen molar-refractivity contribution in [3.05, 3.63) is 21.4 Å². The van der Waals surface area contributed by atoms with Crippen molar-refractivity contribution >= 4 is 23.2 Å². The Morgan fingerprint density at radius 3 is 2.70 bits per heavy atom. The summed E-state index contributed by atoms with van der Waals surface area (Å²) in [7, 11) is 0. The van der Waals surface area contributed by atoms with E-state index >= 15 is 0 Å². The predicted octanol–water partition coefficient (Wildman–Crippen LogP) is 2.09. The van der Waals surface area contributed by atoms with Crippen molar-refractivity contribution in [1.82, 2.24) is 9.80 Å². The normalized spacial score (nSPS) is 26.4. The van der Waals surface area contributed by atoms with Gasteiger partial charge in [-0.25, -0.2) is 0 Å². The molecule has 5 heteroatoms. The van der Waals surface area contributed by atoms with Crippen molar-refractivity contribution in [2.75, 3.05) is 6.54 Å². The number of carbonyl (C=O) groups excluding carboxylic acids is 2. The second kappa shape index (κ2) is 4.88. The Morgan fingerprint density at radius 2 is 2.05 bits per heavy atom. The van der Waals surface area contributed by atoms with Gasteiger partial charge in [-0.2, -0.15) is 0 Å². The average Bonchev–Trinajstić information content (AvgIpc) is 3.00. The average molecular weight is 292 g/mol. The van der Waals surface area contributed by atoms with Gasteiger partial charge in [-0.15, -0.1) is 11.3 Å². The van der Waals surface area contributed by atoms with Crippen molar-refractivity contribution in [1.29, 1.82) is 0 Å². The van der Waals surface area contributed by atoms with Gasteiger partial charge in [0, 0.05) is 16.3 Å². The van der Waals surface area contributed by atoms with E-state index in [1.54, 1.807) is 21.1 Å². The fourth-order valence-electron chi connectivity index (χ4n) is 3.15. The van der Waals surface area contributed by atoms with E-state index in [0.717, 1.165) is 19.4 Å². The van der Waals surface area contributed by atoms with Crippen LogP contribution >= 0.6 is 11.3 Å². The van der Waals surface area contributed by atoms with Gasteiger partial charge >= 0.3 is 0 Å². The molecule has 1 aromatic rings. The van der Waals surface area contributed by atoms with Gasteiger partial charge in [-0.1, -0.05) is 0 Å². The van der Waals surface area contributed by atoms with Crippen molar-refractivity contribution in [3.63, 3.8) is 0 Å². The highest BCUT2D eigenvalue weighted by molar-refractivity contribution is 7.12. The number of amides is 2. The van der Waals surface area contributed by atoms with Crippen LogP contribution in [-0.4, -0.2) is 40.2 Å². The van der Waals surface area contributed by atoms with Gasteiger partial charge in [0.2, 0.25) is 11.8 Å². The summed E-state index contributed by atoms with van der Waals surface area (Å²) in [6, 6.07) is 1.59. The van der Waals surface area contributed by atoms with Crippen molar-refractivity contribution in [2.45, 2.75) is 52.2 Å². The Balaban J connectivity index is 1.84. The third kappa shape index (κ3) is 2.04. The number of hydrogen-bond acceptors (Lipinski definition) is 3. The van der Waals surface area contributed by atoms with Gasteiger partial charge in [0.25, 0.3) is 0 Å². The third-order valence-electron chi connectivity index (χ3n) is 4.47. The SMILES string of the molecule is Cc1cc(CN2C(=O)C3CCCN3C(=O)C2C)sc1C. The molecule has 1 aromatic heterocycles. The van der Waals surface area contributed by atoms with E-state index in [-0.39, 0.29) is 23.9 Å². The summed E-state index contributed by atoms with van der Waals surface area (Å²) in [5.74, 6) is 0.232. The molecule has 3 rings (SSSR count). The van der Waals surface area contributed by atoms with Gasteiger partial charge in [0.15, 0.2) is 0 Å². The lowest BCUT2D eigenvalue weighted by molar-refractivity contribution is -0.159. The molecule has 0 saturated carbocycles. The minimum absolute atomic E-state index is 0.108. The van der Waals surface area contributed by atoms with Gasteiger partial charge in [-0.05, 0) is 45.2 Å². The maximum Gasteiger partial charge on any atom is 0.246 e. The Morgan fingerprint density at radius 1 is 1.30 bits per heavy atom. The number of thiophene rings is 1. The molecule has 0 radical (unpaired) electrons. The molecule has 2 atom stereocenters. The smallest absolute Gasteiger partial charge is 0.246 e. The number of fused-ring (bicyclic) bond motifs is 1. The molecule has 20 heavy (non-hydrogen) atoms. The first-order valence-electron chi connectivity index (χ1n) is 7.16. The second-order valence-corrected chi connectivity index (χ2v) is 7.12. The number of piperazine rings is 1. The number of rotatable bonds is 2. The highest BCUT2D eigenvalue weighted by atomic mass is 32.1. The standard InChI is InChI=1S/C15H20N2O2S/c1-9-7-12(20-11(9)3)8-17-10(2)14(18)16-6-4-5-13(16)15(17)19/h7,10,13H,4-6,8H2,1-3H3. The lowest BCUT2D eigenvalue weighted by Gasteiger charge is -2.40. The number of nitrogens with zero attached hydrogens (tertiary/aromatic N) is 2. The summed E-state index contributed by atoms with van der Waals surface area (Å²) < 4.78 is 0. The second-order valence-electron chi connectivity index (χ2n) is 5.78. The molecule has 0 aromatic carbocycles. The molecule has 2 unspecified atom stereocenters. The maximum atomic E-state index is 12.6. The maximum absolute atomic E-state index is 12.6. The summed E-state index contributed by atoms with van der Waals surface area (Å²) in [5.41, 5.74) is 1.26. The summed E-state index contributed by atoms with van der Waals surface area (Å²) in [5, 5.41) is 0. The van der Waals surface area contributed by atoms with Crippen LogP contribution in [0.4, 0.5) is 0 Å². The van der Waals surface area contributed by atoms with E-state index in [0.29, 0.717) is 6.54 Å². The lowest BCUT2D eigenvalue weighted by atomic mass is 10.1. The summed E-state index contributed by atoms with van der Waals surface area (Å²) >= 11 is 1.72. The lowest BCUT2D eigenvalue weighted by Crippen LogP contribution is -2.61. The zero-order valence-corrected chi connectivity index (χ0v) is 13.0. The van der Waals surface area contributed by atoms with Crippen LogP contribution < -0.4 is 0 Å². The van der Waals surface area contributed by atoms with Crippen LogP contribution in [0.1, 0.15) is 35.1 Å². The van der Waals surface area contributed by atoms with Crippen LogP contribution in [0.5, 0.6) is 0 Å². The molecule has 0 bridgehead atoms. The van der Waals surface area contributed by atoms with E-state index in [1.165, 1.54) is 15.3 Å². The van der Waals surface area contributed by atoms with E-state index in [1.807, 2.05) is 6.92 Å². The fourth-order valence-corrected chi connectivity index (χ4v) is 4.21. The highest BCUT2D eigenvalue weighted by Crippen LogP contribution is 2.29. The van der Waals surface area contributed by atoms with E-state index in [9.17, 15) is 9.59 Å². The number of carbonyl (C=O) groups is 2. The summed E-state index contributed by atoms with van der Waals surface area (Å²) in [4.78, 5) is 30.9. The first kappa shape index (κ1) is 13.6. The van der Waals surface area contributed by atoms with Crippen LogP contribution in [0, 0.1) is 13.8 Å². The molecule has 3 heterocycles. The highest BCUT2D eigenvalue weighted by Gasteiger charge is 2.45. The third-order valence-corrected chi connectivity index (χ3v) is 5.61. The van der Waals surface area contributed by atoms with Gasteiger partial charge in [0.05, 0.1) is 6.54 Å². The molecule has 0 aliphatic carbocycles. The van der Waals surface area contributed by atoms with Crippen molar-refractivity contribution < 1.29 is 9.59 Å². The number of aryl methyl sites for hydroxylation is 2. The molecule has 0 N–H and O–H groups in total. The van der Waals surface area contributed by atoms with Crippen molar-refractivity contribution in [3.8, 4) is 0 Å². The first-order valence-corrected chi connectivity index (χ1v) is 7.97. The molecule has 2 aliphatic rings. The van der Waals surface area contributed by atoms with E-state index in [4.69, 9.17) is 0 Å². The van der Waals surface area contributed by atoms with Crippen LogP contribution in [-0.2, 0) is 16.1 Å². The Kier molecular flexibility index (Phi) is 3.32. The van der Waals surface area contributed by atoms with Crippen LogP contribution in [0.25, 0.3) is 0 Å².